The summed E-state index contributed by atoms with van der Waals surface area (Å²) in [5.74, 6) is -0.809. The number of nitriles is 1. The van der Waals surface area contributed by atoms with Crippen molar-refractivity contribution in [3.8, 4) is 6.07 Å². The van der Waals surface area contributed by atoms with Crippen LogP contribution >= 0.6 is 0 Å². The third kappa shape index (κ3) is 3.08. The lowest BCUT2D eigenvalue weighted by Gasteiger charge is -2.27. The molecule has 0 spiro atoms. The molecule has 20 heavy (non-hydrogen) atoms. The fraction of sp³-hybridized carbons (Fsp3) is 0.533. The Morgan fingerprint density at radius 1 is 1.45 bits per heavy atom. The van der Waals surface area contributed by atoms with E-state index in [0.29, 0.717) is 36.3 Å². The summed E-state index contributed by atoms with van der Waals surface area (Å²) < 4.78 is 0. The van der Waals surface area contributed by atoms with Crippen molar-refractivity contribution in [2.75, 3.05) is 11.9 Å². The van der Waals surface area contributed by atoms with Crippen LogP contribution in [0, 0.1) is 30.6 Å². The first kappa shape index (κ1) is 16.0. The molecular weight excluding hydrogens is 254 g/mol. The summed E-state index contributed by atoms with van der Waals surface area (Å²) in [6, 6.07) is 3.90. The average Bonchev–Trinajstić information content (AvgIpc) is 2.39. The number of aliphatic carboxylic acids is 1. The molecule has 0 fully saturated rings. The number of hydrogen-bond acceptors (Lipinski definition) is 4. The highest BCUT2D eigenvalue weighted by molar-refractivity contribution is 5.75. The molecule has 5 heteroatoms. The number of hydrogen-bond donors (Lipinski definition) is 2. The van der Waals surface area contributed by atoms with E-state index in [1.165, 1.54) is 0 Å². The molecule has 0 aliphatic heterocycles. The standard InChI is InChI=1S/C15H21N3O2/c1-5-15(6-2,14(19)20)9-17-13-7-10(3)18-11(4)12(13)8-16/h7H,5-6,9H2,1-4H3,(H,17,18)(H,19,20). The van der Waals surface area contributed by atoms with Crippen LogP contribution in [0.5, 0.6) is 0 Å². The number of aryl methyl sites for hydroxylation is 2. The number of aromatic nitrogens is 1. The van der Waals surface area contributed by atoms with Crippen molar-refractivity contribution >= 4 is 11.7 Å². The third-order valence-corrected chi connectivity index (χ3v) is 3.86. The lowest BCUT2D eigenvalue weighted by atomic mass is 9.82. The third-order valence-electron chi connectivity index (χ3n) is 3.86. The van der Waals surface area contributed by atoms with Gasteiger partial charge in [0.05, 0.1) is 22.4 Å². The lowest BCUT2D eigenvalue weighted by molar-refractivity contribution is -0.148. The quantitative estimate of drug-likeness (QED) is 0.833. The molecule has 1 rings (SSSR count). The minimum Gasteiger partial charge on any atom is -0.481 e. The van der Waals surface area contributed by atoms with Crippen LogP contribution in [0.1, 0.15) is 43.6 Å². The summed E-state index contributed by atoms with van der Waals surface area (Å²) in [6.07, 6.45) is 1.08. The molecule has 1 aromatic rings. The molecule has 5 nitrogen and oxygen atoms in total. The van der Waals surface area contributed by atoms with E-state index in [-0.39, 0.29) is 0 Å². The van der Waals surface area contributed by atoms with Crippen LogP contribution < -0.4 is 5.32 Å². The van der Waals surface area contributed by atoms with E-state index in [1.807, 2.05) is 20.8 Å². The van der Waals surface area contributed by atoms with E-state index in [1.54, 1.807) is 13.0 Å². The summed E-state index contributed by atoms with van der Waals surface area (Å²) >= 11 is 0. The summed E-state index contributed by atoms with van der Waals surface area (Å²) in [7, 11) is 0. The molecule has 0 aromatic carbocycles. The zero-order chi connectivity index (χ0) is 15.3. The van der Waals surface area contributed by atoms with Gasteiger partial charge in [-0.2, -0.15) is 5.26 Å². The fourth-order valence-corrected chi connectivity index (χ4v) is 2.25. The molecule has 0 amide bonds. The minimum atomic E-state index is -0.809. The first-order chi connectivity index (χ1) is 9.40. The van der Waals surface area contributed by atoms with E-state index < -0.39 is 11.4 Å². The first-order valence-electron chi connectivity index (χ1n) is 6.75. The predicted octanol–water partition coefficient (Wildman–Crippen LogP) is 2.87. The molecule has 0 radical (unpaired) electrons. The van der Waals surface area contributed by atoms with Crippen molar-refractivity contribution in [2.24, 2.45) is 5.41 Å². The van der Waals surface area contributed by atoms with E-state index in [0.717, 1.165) is 5.69 Å². The van der Waals surface area contributed by atoms with Crippen LogP contribution in [-0.2, 0) is 4.79 Å². The Hall–Kier alpha value is -2.09. The molecule has 0 atom stereocenters. The highest BCUT2D eigenvalue weighted by Crippen LogP contribution is 2.28. The van der Waals surface area contributed by atoms with Crippen molar-refractivity contribution in [1.82, 2.24) is 4.98 Å². The monoisotopic (exact) mass is 275 g/mol. The Morgan fingerprint density at radius 2 is 2.05 bits per heavy atom. The van der Waals surface area contributed by atoms with Gasteiger partial charge in [-0.3, -0.25) is 9.78 Å². The van der Waals surface area contributed by atoms with Gasteiger partial charge in [0.1, 0.15) is 6.07 Å². The SMILES string of the molecule is CCC(CC)(CNc1cc(C)nc(C)c1C#N)C(=O)O. The summed E-state index contributed by atoms with van der Waals surface area (Å²) in [6.45, 7) is 7.66. The first-order valence-corrected chi connectivity index (χ1v) is 6.75. The highest BCUT2D eigenvalue weighted by Gasteiger charge is 2.34. The van der Waals surface area contributed by atoms with E-state index in [9.17, 15) is 15.2 Å². The van der Waals surface area contributed by atoms with Gasteiger partial charge in [0.2, 0.25) is 0 Å². The molecule has 0 aliphatic rings. The van der Waals surface area contributed by atoms with Crippen molar-refractivity contribution in [1.29, 1.82) is 5.26 Å². The molecule has 0 aliphatic carbocycles. The molecule has 1 aromatic heterocycles. The van der Waals surface area contributed by atoms with Gasteiger partial charge in [-0.25, -0.2) is 0 Å². The van der Waals surface area contributed by atoms with Gasteiger partial charge < -0.3 is 10.4 Å². The van der Waals surface area contributed by atoms with E-state index >= 15 is 0 Å². The van der Waals surface area contributed by atoms with Gasteiger partial charge in [0.25, 0.3) is 0 Å². The Balaban J connectivity index is 3.06. The highest BCUT2D eigenvalue weighted by atomic mass is 16.4. The van der Waals surface area contributed by atoms with Gasteiger partial charge in [0.15, 0.2) is 0 Å². The topological polar surface area (TPSA) is 86.0 Å². The van der Waals surface area contributed by atoms with Crippen LogP contribution in [-0.4, -0.2) is 22.6 Å². The molecule has 1 heterocycles. The number of carboxylic acids is 1. The number of rotatable bonds is 6. The van der Waals surface area contributed by atoms with Gasteiger partial charge in [-0.1, -0.05) is 13.8 Å². The number of pyridine rings is 1. The summed E-state index contributed by atoms with van der Waals surface area (Å²) in [5.41, 5.74) is 1.78. The van der Waals surface area contributed by atoms with Gasteiger partial charge in [-0.05, 0) is 32.8 Å². The van der Waals surface area contributed by atoms with Crippen molar-refractivity contribution in [3.05, 3.63) is 23.0 Å². The largest absolute Gasteiger partial charge is 0.481 e. The molecule has 0 bridgehead atoms. The maximum atomic E-state index is 11.5. The number of carboxylic acid groups (broad SMARTS) is 1. The molecule has 0 unspecified atom stereocenters. The van der Waals surface area contributed by atoms with Crippen molar-refractivity contribution in [3.63, 3.8) is 0 Å². The maximum Gasteiger partial charge on any atom is 0.311 e. The molecule has 0 saturated carbocycles. The van der Waals surface area contributed by atoms with Crippen LogP contribution in [0.4, 0.5) is 5.69 Å². The molecule has 2 N–H and O–H groups in total. The summed E-state index contributed by atoms with van der Waals surface area (Å²) in [4.78, 5) is 15.7. The second-order valence-corrected chi connectivity index (χ2v) is 5.03. The second kappa shape index (κ2) is 6.38. The van der Waals surface area contributed by atoms with Crippen LogP contribution in [0.2, 0.25) is 0 Å². The smallest absolute Gasteiger partial charge is 0.311 e. The van der Waals surface area contributed by atoms with Crippen molar-refractivity contribution < 1.29 is 9.90 Å². The Bertz CT molecular complexity index is 543. The number of anilines is 1. The zero-order valence-electron chi connectivity index (χ0n) is 12.4. The Kier molecular flexibility index (Phi) is 5.09. The molecular formula is C15H21N3O2. The number of nitrogens with zero attached hydrogens (tertiary/aromatic N) is 2. The number of carbonyl (C=O) groups is 1. The lowest BCUT2D eigenvalue weighted by Crippen LogP contribution is -2.37. The van der Waals surface area contributed by atoms with Gasteiger partial charge in [-0.15, -0.1) is 0 Å². The van der Waals surface area contributed by atoms with Crippen LogP contribution in [0.25, 0.3) is 0 Å². The Morgan fingerprint density at radius 3 is 2.50 bits per heavy atom. The van der Waals surface area contributed by atoms with Crippen LogP contribution in [0.3, 0.4) is 0 Å². The van der Waals surface area contributed by atoms with Crippen LogP contribution in [0.15, 0.2) is 6.07 Å². The molecule has 0 saturated heterocycles. The number of nitrogens with one attached hydrogen (secondary N) is 1. The Labute approximate surface area is 119 Å². The fourth-order valence-electron chi connectivity index (χ4n) is 2.25. The maximum absolute atomic E-state index is 11.5. The minimum absolute atomic E-state index is 0.299. The van der Waals surface area contributed by atoms with E-state index in [4.69, 9.17) is 0 Å². The second-order valence-electron chi connectivity index (χ2n) is 5.03. The normalized spacial score (nSPS) is 10.9. The van der Waals surface area contributed by atoms with Gasteiger partial charge >= 0.3 is 5.97 Å². The zero-order valence-corrected chi connectivity index (χ0v) is 12.4. The van der Waals surface area contributed by atoms with Gasteiger partial charge in [0, 0.05) is 12.2 Å². The summed E-state index contributed by atoms with van der Waals surface area (Å²) in [5, 5.41) is 21.7. The van der Waals surface area contributed by atoms with Crippen molar-refractivity contribution in [2.45, 2.75) is 40.5 Å². The van der Waals surface area contributed by atoms with E-state index in [2.05, 4.69) is 16.4 Å². The molecule has 108 valence electrons. The average molecular weight is 275 g/mol. The predicted molar refractivity (Wildman–Crippen MR) is 77.6 cm³/mol.